The number of nitrogens with zero attached hydrogens (tertiary/aromatic N) is 5. The van der Waals surface area contributed by atoms with Gasteiger partial charge in [0.15, 0.2) is 5.82 Å². The number of aromatic nitrogens is 4. The van der Waals surface area contributed by atoms with E-state index in [1.807, 2.05) is 29.8 Å². The number of hydrogen-bond acceptors (Lipinski definition) is 7. The minimum atomic E-state index is -2.78. The molecule has 4 aromatic rings. The number of thiol groups is 1. The van der Waals surface area contributed by atoms with Crippen LogP contribution < -0.4 is 14.9 Å². The first-order chi connectivity index (χ1) is 14.4. The van der Waals surface area contributed by atoms with E-state index in [9.17, 15) is 8.42 Å². The highest BCUT2D eigenvalue weighted by Crippen LogP contribution is 2.31. The molecule has 2 aromatic heterocycles. The van der Waals surface area contributed by atoms with Gasteiger partial charge in [-0.15, -0.1) is 0 Å². The normalized spacial score (nSPS) is 11.1. The lowest BCUT2D eigenvalue weighted by molar-refractivity contribution is 0.613. The van der Waals surface area contributed by atoms with Crippen LogP contribution in [0.1, 0.15) is 0 Å². The van der Waals surface area contributed by atoms with E-state index in [1.165, 1.54) is 13.2 Å². The van der Waals surface area contributed by atoms with Gasteiger partial charge in [0.2, 0.25) is 16.8 Å². The molecule has 0 bridgehead atoms. The van der Waals surface area contributed by atoms with Crippen molar-refractivity contribution in [3.05, 3.63) is 60.0 Å². The molecule has 2 heterocycles. The van der Waals surface area contributed by atoms with Crippen LogP contribution in [0.5, 0.6) is 0 Å². The number of para-hydroxylation sites is 2. The zero-order chi connectivity index (χ0) is 21.3. The van der Waals surface area contributed by atoms with Gasteiger partial charge < -0.3 is 15.2 Å². The second-order valence-corrected chi connectivity index (χ2v) is 7.96. The molecule has 0 aliphatic carbocycles. The van der Waals surface area contributed by atoms with Crippen LogP contribution in [0.3, 0.4) is 0 Å². The highest BCUT2D eigenvalue weighted by Gasteiger charge is 2.12. The molecule has 0 spiro atoms. The Hall–Kier alpha value is -3.37. The quantitative estimate of drug-likeness (QED) is 0.392. The Bertz CT molecular complexity index is 1300. The lowest BCUT2D eigenvalue weighted by Gasteiger charge is -2.17. The molecule has 0 saturated heterocycles. The molecule has 0 saturated carbocycles. The van der Waals surface area contributed by atoms with E-state index in [4.69, 9.17) is 11.6 Å². The van der Waals surface area contributed by atoms with Crippen LogP contribution in [0.25, 0.3) is 11.0 Å². The maximum Gasteiger partial charge on any atom is 0.229 e. The Labute approximate surface area is 179 Å². The van der Waals surface area contributed by atoms with Gasteiger partial charge in [-0.1, -0.05) is 23.7 Å². The third kappa shape index (κ3) is 4.00. The van der Waals surface area contributed by atoms with E-state index in [2.05, 4.69) is 25.6 Å². The molecule has 11 heteroatoms. The average molecular weight is 444 g/mol. The van der Waals surface area contributed by atoms with Crippen LogP contribution in [0, 0.1) is 0 Å². The predicted molar refractivity (Wildman–Crippen MR) is 119 cm³/mol. The second kappa shape index (κ2) is 8.17. The van der Waals surface area contributed by atoms with Gasteiger partial charge >= 0.3 is 0 Å². The minimum Gasteiger partial charge on any atom is -0.337 e. The summed E-state index contributed by atoms with van der Waals surface area (Å²) in [5.41, 5.74) is 3.67. The van der Waals surface area contributed by atoms with Gasteiger partial charge in [0, 0.05) is 19.8 Å². The molecule has 0 amide bonds. The molecule has 154 valence electrons. The maximum atomic E-state index is 11.4. The first-order valence-corrected chi connectivity index (χ1v) is 10.4. The van der Waals surface area contributed by atoms with Crippen LogP contribution in [0.4, 0.5) is 28.8 Å². The number of aryl methyl sites for hydroxylation is 1. The third-order valence-electron chi connectivity index (χ3n) is 4.48. The lowest BCUT2D eigenvalue weighted by atomic mass is 10.2. The number of benzene rings is 2. The summed E-state index contributed by atoms with van der Waals surface area (Å²) in [6, 6.07) is 12.7. The van der Waals surface area contributed by atoms with Crippen molar-refractivity contribution in [3.8, 4) is 0 Å². The largest absolute Gasteiger partial charge is 0.337 e. The Balaban J connectivity index is 1.63. The van der Waals surface area contributed by atoms with E-state index in [0.29, 0.717) is 28.2 Å². The Morgan fingerprint density at radius 2 is 1.90 bits per heavy atom. The SMILES string of the molecule is CN(c1ccccc1Nc1nc(Nc2ccc3ncn(C)c3c2)ncc1Cl)[SH](=O)=O. The van der Waals surface area contributed by atoms with Crippen LogP contribution in [0.15, 0.2) is 55.0 Å². The van der Waals surface area contributed by atoms with E-state index in [1.54, 1.807) is 30.6 Å². The van der Waals surface area contributed by atoms with Crippen molar-refractivity contribution in [2.24, 2.45) is 7.05 Å². The first-order valence-electron chi connectivity index (χ1n) is 8.87. The molecule has 0 radical (unpaired) electrons. The van der Waals surface area contributed by atoms with Crippen molar-refractivity contribution < 1.29 is 8.42 Å². The highest BCUT2D eigenvalue weighted by molar-refractivity contribution is 7.74. The summed E-state index contributed by atoms with van der Waals surface area (Å²) in [6.45, 7) is 0. The van der Waals surface area contributed by atoms with Crippen LogP contribution in [-0.4, -0.2) is 35.0 Å². The molecule has 0 unspecified atom stereocenters. The van der Waals surface area contributed by atoms with E-state index < -0.39 is 10.9 Å². The van der Waals surface area contributed by atoms with Gasteiger partial charge in [0.05, 0.1) is 34.9 Å². The van der Waals surface area contributed by atoms with Crippen LogP contribution in [-0.2, 0) is 17.9 Å². The van der Waals surface area contributed by atoms with Crippen molar-refractivity contribution >= 4 is 62.4 Å². The van der Waals surface area contributed by atoms with Gasteiger partial charge in [-0.3, -0.25) is 4.31 Å². The molecule has 0 fully saturated rings. The van der Waals surface area contributed by atoms with E-state index in [0.717, 1.165) is 21.0 Å². The fourth-order valence-corrected chi connectivity index (χ4v) is 3.41. The number of anilines is 5. The van der Waals surface area contributed by atoms with Gasteiger partial charge in [0.1, 0.15) is 5.02 Å². The summed E-state index contributed by atoms with van der Waals surface area (Å²) in [5.74, 6) is 0.682. The standard InChI is InChI=1S/C19H18ClN7O2S/c1-26-11-22-14-8-7-12(9-17(14)26)23-19-21-10-13(20)18(25-19)24-15-5-3-4-6-16(15)27(2)30(28)29/h3-11,30H,1-2H3,(H2,21,23,24,25). The first kappa shape index (κ1) is 19.9. The number of rotatable bonds is 6. The van der Waals surface area contributed by atoms with Crippen molar-refractivity contribution in [1.82, 2.24) is 19.5 Å². The summed E-state index contributed by atoms with van der Waals surface area (Å²) in [5, 5.41) is 6.54. The van der Waals surface area contributed by atoms with Gasteiger partial charge in [-0.25, -0.2) is 18.4 Å². The smallest absolute Gasteiger partial charge is 0.229 e. The fourth-order valence-electron chi connectivity index (χ4n) is 2.93. The zero-order valence-electron chi connectivity index (χ0n) is 16.1. The maximum absolute atomic E-state index is 11.4. The molecule has 2 N–H and O–H groups in total. The summed E-state index contributed by atoms with van der Waals surface area (Å²) in [6.07, 6.45) is 3.22. The van der Waals surface area contributed by atoms with Gasteiger partial charge in [-0.2, -0.15) is 4.98 Å². The monoisotopic (exact) mass is 443 g/mol. The van der Waals surface area contributed by atoms with Crippen LogP contribution in [0.2, 0.25) is 5.02 Å². The van der Waals surface area contributed by atoms with Gasteiger partial charge in [-0.05, 0) is 30.3 Å². The Morgan fingerprint density at radius 3 is 2.70 bits per heavy atom. The molecular formula is C19H18ClN7O2S. The number of hydrogen-bond donors (Lipinski definition) is 3. The van der Waals surface area contributed by atoms with E-state index in [-0.39, 0.29) is 0 Å². The molecule has 2 aromatic carbocycles. The van der Waals surface area contributed by atoms with E-state index >= 15 is 0 Å². The summed E-state index contributed by atoms with van der Waals surface area (Å²) >= 11 is 6.27. The molecule has 4 rings (SSSR count). The topological polar surface area (TPSA) is 105 Å². The summed E-state index contributed by atoms with van der Waals surface area (Å²) in [4.78, 5) is 13.0. The molecular weight excluding hydrogens is 426 g/mol. The van der Waals surface area contributed by atoms with Crippen molar-refractivity contribution in [1.29, 1.82) is 0 Å². The average Bonchev–Trinajstić information content (AvgIpc) is 3.10. The number of nitrogens with one attached hydrogen (secondary N) is 2. The van der Waals surface area contributed by atoms with Crippen LogP contribution >= 0.6 is 11.6 Å². The Kier molecular flexibility index (Phi) is 5.42. The lowest BCUT2D eigenvalue weighted by Crippen LogP contribution is -2.15. The molecule has 30 heavy (non-hydrogen) atoms. The number of fused-ring (bicyclic) bond motifs is 1. The second-order valence-electron chi connectivity index (χ2n) is 6.48. The minimum absolute atomic E-state index is 0.298. The molecule has 0 aliphatic heterocycles. The number of halogens is 1. The molecule has 0 atom stereocenters. The Morgan fingerprint density at radius 1 is 1.10 bits per heavy atom. The third-order valence-corrected chi connectivity index (χ3v) is 5.46. The number of imidazole rings is 1. The summed E-state index contributed by atoms with van der Waals surface area (Å²) < 4.78 is 25.9. The van der Waals surface area contributed by atoms with Crippen molar-refractivity contribution in [3.63, 3.8) is 0 Å². The predicted octanol–water partition coefficient (Wildman–Crippen LogP) is 3.47. The van der Waals surface area contributed by atoms with Gasteiger partial charge in [0.25, 0.3) is 0 Å². The summed E-state index contributed by atoms with van der Waals surface area (Å²) in [7, 11) is 0.607. The highest BCUT2D eigenvalue weighted by atomic mass is 35.5. The van der Waals surface area contributed by atoms with Crippen molar-refractivity contribution in [2.75, 3.05) is 22.0 Å². The molecule has 0 aliphatic rings. The van der Waals surface area contributed by atoms with Crippen molar-refractivity contribution in [2.45, 2.75) is 0 Å². The molecule has 9 nitrogen and oxygen atoms in total. The fraction of sp³-hybridized carbons (Fsp3) is 0.105. The zero-order valence-corrected chi connectivity index (χ0v) is 17.7.